The van der Waals surface area contributed by atoms with Crippen LogP contribution in [0.3, 0.4) is 0 Å². The van der Waals surface area contributed by atoms with Crippen LogP contribution in [-0.4, -0.2) is 30.1 Å². The zero-order valence-corrected chi connectivity index (χ0v) is 11.7. The maximum atomic E-state index is 11.3. The first-order valence-electron chi connectivity index (χ1n) is 6.18. The Balaban J connectivity index is 2.65. The van der Waals surface area contributed by atoms with Gasteiger partial charge in [0.2, 0.25) is 0 Å². The molecule has 0 spiro atoms. The average Bonchev–Trinajstić information content (AvgIpc) is 2.36. The summed E-state index contributed by atoms with van der Waals surface area (Å²) in [4.78, 5) is 0. The van der Waals surface area contributed by atoms with Crippen molar-refractivity contribution in [2.75, 3.05) is 6.61 Å². The Morgan fingerprint density at radius 3 is 2.42 bits per heavy atom. The summed E-state index contributed by atoms with van der Waals surface area (Å²) >= 11 is 0. The third-order valence-corrected chi connectivity index (χ3v) is 4.02. The summed E-state index contributed by atoms with van der Waals surface area (Å²) in [5.74, 6) is -0.383. The lowest BCUT2D eigenvalue weighted by Gasteiger charge is -2.21. The van der Waals surface area contributed by atoms with Gasteiger partial charge in [0.15, 0.2) is 5.44 Å². The molecule has 0 bridgehead atoms. The van der Waals surface area contributed by atoms with Gasteiger partial charge in [0.25, 0.3) is 10.1 Å². The lowest BCUT2D eigenvalue weighted by atomic mass is 10.1. The van der Waals surface area contributed by atoms with Crippen molar-refractivity contribution in [2.45, 2.75) is 31.8 Å². The van der Waals surface area contributed by atoms with Gasteiger partial charge in [-0.1, -0.05) is 37.3 Å². The molecule has 108 valence electrons. The first-order valence-corrected chi connectivity index (χ1v) is 7.68. The van der Waals surface area contributed by atoms with E-state index >= 15 is 0 Å². The van der Waals surface area contributed by atoms with Gasteiger partial charge in [0, 0.05) is 6.61 Å². The molecule has 2 N–H and O–H groups in total. The Morgan fingerprint density at radius 1 is 1.26 bits per heavy atom. The summed E-state index contributed by atoms with van der Waals surface area (Å²) in [7, 11) is -4.27. The van der Waals surface area contributed by atoms with Crippen molar-refractivity contribution in [3.63, 3.8) is 0 Å². The molecule has 0 saturated heterocycles. The molecular formula is C13H20O5S. The van der Waals surface area contributed by atoms with E-state index in [1.165, 1.54) is 0 Å². The lowest BCUT2D eigenvalue weighted by molar-refractivity contribution is 0.0489. The molecule has 0 heterocycles. The summed E-state index contributed by atoms with van der Waals surface area (Å²) in [5, 5.41) is 8.75. The first-order chi connectivity index (χ1) is 8.95. The van der Waals surface area contributed by atoms with E-state index in [2.05, 4.69) is 0 Å². The van der Waals surface area contributed by atoms with E-state index in [1.54, 1.807) is 6.92 Å². The standard InChI is InChI=1S/C13H20O5S/c1-11(6-5-9-14)13(19(15,16)17)18-10-12-7-3-2-4-8-12/h2-4,7-8,11,13-14H,5-6,9-10H2,1H3,(H,15,16,17). The van der Waals surface area contributed by atoms with Crippen LogP contribution in [0, 0.1) is 5.92 Å². The van der Waals surface area contributed by atoms with E-state index in [1.807, 2.05) is 30.3 Å². The number of hydrogen-bond donors (Lipinski definition) is 2. The van der Waals surface area contributed by atoms with Crippen molar-refractivity contribution in [2.24, 2.45) is 5.92 Å². The second kappa shape index (κ2) is 7.59. The molecule has 0 aliphatic carbocycles. The number of aliphatic hydroxyl groups is 1. The Hall–Kier alpha value is -0.950. The predicted molar refractivity (Wildman–Crippen MR) is 72.1 cm³/mol. The van der Waals surface area contributed by atoms with Gasteiger partial charge in [-0.2, -0.15) is 8.42 Å². The zero-order valence-electron chi connectivity index (χ0n) is 10.9. The third-order valence-electron chi connectivity index (χ3n) is 2.83. The fraction of sp³-hybridized carbons (Fsp3) is 0.538. The van der Waals surface area contributed by atoms with Gasteiger partial charge in [0.1, 0.15) is 0 Å². The highest BCUT2D eigenvalue weighted by atomic mass is 32.2. The van der Waals surface area contributed by atoms with Crippen molar-refractivity contribution >= 4 is 10.1 Å². The molecule has 1 aromatic carbocycles. The zero-order chi connectivity index (χ0) is 14.3. The molecule has 0 aromatic heterocycles. The van der Waals surface area contributed by atoms with E-state index in [0.717, 1.165) is 5.56 Å². The predicted octanol–water partition coefficient (Wildman–Crippen LogP) is 1.83. The molecule has 1 aromatic rings. The van der Waals surface area contributed by atoms with Crippen LogP contribution < -0.4 is 0 Å². The third kappa shape index (κ3) is 5.69. The summed E-state index contributed by atoms with van der Waals surface area (Å²) in [5.41, 5.74) is -0.426. The number of rotatable bonds is 8. The minimum absolute atomic E-state index is 0.0127. The molecule has 0 amide bonds. The summed E-state index contributed by atoms with van der Waals surface area (Å²) in [6.45, 7) is 1.79. The second-order valence-corrected chi connectivity index (χ2v) is 6.02. The van der Waals surface area contributed by atoms with Crippen LogP contribution in [0.25, 0.3) is 0 Å². The van der Waals surface area contributed by atoms with E-state index in [-0.39, 0.29) is 19.1 Å². The Morgan fingerprint density at radius 2 is 1.89 bits per heavy atom. The molecule has 0 aliphatic heterocycles. The number of aliphatic hydroxyl groups excluding tert-OH is 1. The fourth-order valence-electron chi connectivity index (χ4n) is 1.85. The van der Waals surface area contributed by atoms with Gasteiger partial charge in [-0.25, -0.2) is 0 Å². The molecular weight excluding hydrogens is 268 g/mol. The minimum Gasteiger partial charge on any atom is -0.396 e. The lowest BCUT2D eigenvalue weighted by Crippen LogP contribution is -2.31. The highest BCUT2D eigenvalue weighted by Gasteiger charge is 2.29. The van der Waals surface area contributed by atoms with E-state index in [0.29, 0.717) is 12.8 Å². The summed E-state index contributed by atoms with van der Waals surface area (Å²) < 4.78 is 37.2. The van der Waals surface area contributed by atoms with Crippen LogP contribution in [-0.2, 0) is 21.5 Å². The monoisotopic (exact) mass is 288 g/mol. The van der Waals surface area contributed by atoms with Gasteiger partial charge < -0.3 is 9.84 Å². The number of ether oxygens (including phenoxy) is 1. The minimum atomic E-state index is -4.27. The summed E-state index contributed by atoms with van der Waals surface area (Å²) in [6.07, 6.45) is 0.942. The average molecular weight is 288 g/mol. The molecule has 0 fully saturated rings. The Kier molecular flexibility index (Phi) is 6.44. The van der Waals surface area contributed by atoms with Gasteiger partial charge in [-0.3, -0.25) is 4.55 Å². The fourth-order valence-corrected chi connectivity index (χ4v) is 2.81. The largest absolute Gasteiger partial charge is 0.396 e. The molecule has 6 heteroatoms. The van der Waals surface area contributed by atoms with E-state index in [9.17, 15) is 13.0 Å². The van der Waals surface area contributed by atoms with Gasteiger partial charge in [0.05, 0.1) is 6.61 Å². The Labute approximate surface area is 114 Å². The maximum Gasteiger partial charge on any atom is 0.292 e. The number of benzene rings is 1. The molecule has 2 atom stereocenters. The van der Waals surface area contributed by atoms with Crippen molar-refractivity contribution in [1.82, 2.24) is 0 Å². The molecule has 2 unspecified atom stereocenters. The van der Waals surface area contributed by atoms with Crippen molar-refractivity contribution < 1.29 is 22.8 Å². The highest BCUT2D eigenvalue weighted by Crippen LogP contribution is 2.20. The molecule has 5 nitrogen and oxygen atoms in total. The molecule has 1 rings (SSSR count). The topological polar surface area (TPSA) is 83.8 Å². The van der Waals surface area contributed by atoms with Crippen molar-refractivity contribution in [1.29, 1.82) is 0 Å². The van der Waals surface area contributed by atoms with Crippen LogP contribution in [0.4, 0.5) is 0 Å². The molecule has 19 heavy (non-hydrogen) atoms. The maximum absolute atomic E-state index is 11.3. The van der Waals surface area contributed by atoms with Crippen LogP contribution >= 0.6 is 0 Å². The van der Waals surface area contributed by atoms with Gasteiger partial charge in [-0.15, -0.1) is 0 Å². The normalized spacial score (nSPS) is 15.1. The van der Waals surface area contributed by atoms with E-state index in [4.69, 9.17) is 9.84 Å². The quantitative estimate of drug-likeness (QED) is 0.713. The molecule has 0 aliphatic rings. The highest BCUT2D eigenvalue weighted by molar-refractivity contribution is 7.86. The van der Waals surface area contributed by atoms with Crippen molar-refractivity contribution in [3.05, 3.63) is 35.9 Å². The second-order valence-electron chi connectivity index (χ2n) is 4.52. The molecule has 0 radical (unpaired) electrons. The van der Waals surface area contributed by atoms with Gasteiger partial charge >= 0.3 is 0 Å². The van der Waals surface area contributed by atoms with Crippen LogP contribution in [0.15, 0.2) is 30.3 Å². The smallest absolute Gasteiger partial charge is 0.292 e. The summed E-state index contributed by atoms with van der Waals surface area (Å²) in [6, 6.07) is 9.15. The van der Waals surface area contributed by atoms with E-state index < -0.39 is 15.6 Å². The SMILES string of the molecule is CC(CCCO)C(OCc1ccccc1)S(=O)(=O)O. The van der Waals surface area contributed by atoms with Crippen LogP contribution in [0.2, 0.25) is 0 Å². The van der Waals surface area contributed by atoms with Crippen LogP contribution in [0.5, 0.6) is 0 Å². The van der Waals surface area contributed by atoms with Crippen LogP contribution in [0.1, 0.15) is 25.3 Å². The van der Waals surface area contributed by atoms with Gasteiger partial charge in [-0.05, 0) is 24.3 Å². The molecule has 0 saturated carbocycles. The number of hydrogen-bond acceptors (Lipinski definition) is 4. The van der Waals surface area contributed by atoms with Crippen molar-refractivity contribution in [3.8, 4) is 0 Å². The Bertz CT molecular complexity index is 457. The first kappa shape index (κ1) is 16.1.